The molecule has 0 N–H and O–H groups in total. The molecule has 2 aromatic rings. The second-order valence-electron chi connectivity index (χ2n) is 6.46. The Bertz CT molecular complexity index is 500. The van der Waals surface area contributed by atoms with Gasteiger partial charge in [0.15, 0.2) is 0 Å². The summed E-state index contributed by atoms with van der Waals surface area (Å²) in [7, 11) is 2.93. The van der Waals surface area contributed by atoms with E-state index in [1.807, 2.05) is 0 Å². The van der Waals surface area contributed by atoms with Gasteiger partial charge in [-0.15, -0.1) is 22.4 Å². The van der Waals surface area contributed by atoms with Crippen LogP contribution in [0.5, 0.6) is 0 Å². The van der Waals surface area contributed by atoms with Crippen molar-refractivity contribution in [2.75, 3.05) is 0 Å². The highest BCUT2D eigenvalue weighted by Crippen LogP contribution is 2.40. The van der Waals surface area contributed by atoms with Crippen LogP contribution in [0, 0.1) is 5.41 Å². The molecule has 0 bridgehead atoms. The minimum atomic E-state index is 0.323. The van der Waals surface area contributed by atoms with Crippen LogP contribution in [0.1, 0.15) is 37.3 Å². The van der Waals surface area contributed by atoms with E-state index >= 15 is 0 Å². The molecule has 110 valence electrons. The monoisotopic (exact) mass is 408 g/mol. The molecule has 0 nitrogen and oxygen atoms in total. The van der Waals surface area contributed by atoms with Crippen molar-refractivity contribution in [2.45, 2.75) is 32.5 Å². The third-order valence-electron chi connectivity index (χ3n) is 3.91. The first-order valence-electron chi connectivity index (χ1n) is 7.47. The molecule has 3 heteroatoms. The lowest BCUT2D eigenvalue weighted by Gasteiger charge is -2.31. The van der Waals surface area contributed by atoms with Crippen LogP contribution in [0.25, 0.3) is 0 Å². The Balaban J connectivity index is 2.29. The number of hydrogen-bond donors (Lipinski definition) is 0. The molecule has 0 aliphatic heterocycles. The Morgan fingerprint density at radius 3 is 1.76 bits per heavy atom. The maximum absolute atomic E-state index is 2.93. The van der Waals surface area contributed by atoms with Gasteiger partial charge in [-0.2, -0.15) is 9.12 Å². The molecule has 0 heterocycles. The molecule has 0 saturated heterocycles. The van der Waals surface area contributed by atoms with Gasteiger partial charge in [0.25, 0.3) is 0 Å². The topological polar surface area (TPSA) is 0 Å². The van der Waals surface area contributed by atoms with Crippen molar-refractivity contribution < 1.29 is 0 Å². The Labute approximate surface area is 145 Å². The Morgan fingerprint density at radius 2 is 1.38 bits per heavy atom. The number of halogens is 1. The van der Waals surface area contributed by atoms with Crippen LogP contribution in [0.4, 0.5) is 0 Å². The fourth-order valence-corrected chi connectivity index (χ4v) is 4.79. The van der Waals surface area contributed by atoms with Gasteiger partial charge in [0.05, 0.1) is 0 Å². The average molecular weight is 408 g/mol. The summed E-state index contributed by atoms with van der Waals surface area (Å²) >= 11 is 2.51. The van der Waals surface area contributed by atoms with Crippen molar-refractivity contribution >= 4 is 35.8 Å². The van der Waals surface area contributed by atoms with E-state index in [0.717, 1.165) is 0 Å². The molecule has 2 aromatic carbocycles. The van der Waals surface area contributed by atoms with Gasteiger partial charge in [0.1, 0.15) is 0 Å². The van der Waals surface area contributed by atoms with Gasteiger partial charge < -0.3 is 0 Å². The molecule has 0 aliphatic carbocycles. The third kappa shape index (κ3) is 5.41. The summed E-state index contributed by atoms with van der Waals surface area (Å²) in [5.41, 5.74) is 3.17. The molecule has 0 fully saturated rings. The zero-order valence-electron chi connectivity index (χ0n) is 12.8. The van der Waals surface area contributed by atoms with E-state index in [2.05, 4.69) is 106 Å². The molecule has 0 saturated carbocycles. The Kier molecular flexibility index (Phi) is 6.31. The molecule has 1 unspecified atom stereocenters. The van der Waals surface area contributed by atoms with Crippen LogP contribution in [0.2, 0.25) is 6.32 Å². The van der Waals surface area contributed by atoms with Gasteiger partial charge in [-0.3, -0.25) is 0 Å². The standard InChI is InChI=1S/C18H23BIP/c1-18(2,14-19(20)21)13-17(15-9-5-3-6-10-15)16-11-7-4-8-12-16/h3-12,17H,13-14,21H2,1-2H3. The lowest BCUT2D eigenvalue weighted by molar-refractivity contribution is 0.357. The van der Waals surface area contributed by atoms with Crippen LogP contribution in [0.3, 0.4) is 0 Å². The lowest BCUT2D eigenvalue weighted by atomic mass is 9.70. The molecule has 0 aromatic heterocycles. The van der Waals surface area contributed by atoms with Gasteiger partial charge in [-0.1, -0.05) is 80.8 Å². The van der Waals surface area contributed by atoms with E-state index in [4.69, 9.17) is 0 Å². The Hall–Kier alpha value is -0.335. The predicted octanol–water partition coefficient (Wildman–Crippen LogP) is 6.03. The van der Waals surface area contributed by atoms with E-state index in [1.54, 1.807) is 0 Å². The second kappa shape index (κ2) is 7.79. The highest BCUT2D eigenvalue weighted by molar-refractivity contribution is 14.1. The maximum Gasteiger partial charge on any atom is 0.240 e. The van der Waals surface area contributed by atoms with Gasteiger partial charge in [-0.25, -0.2) is 0 Å². The predicted molar refractivity (Wildman–Crippen MR) is 107 cm³/mol. The fourth-order valence-electron chi connectivity index (χ4n) is 2.96. The van der Waals surface area contributed by atoms with Crippen molar-refractivity contribution in [2.24, 2.45) is 5.41 Å². The molecule has 0 radical (unpaired) electrons. The van der Waals surface area contributed by atoms with E-state index in [1.165, 1.54) is 23.9 Å². The molecule has 0 aliphatic rings. The van der Waals surface area contributed by atoms with Gasteiger partial charge in [0, 0.05) is 5.92 Å². The van der Waals surface area contributed by atoms with E-state index < -0.39 is 0 Å². The van der Waals surface area contributed by atoms with Gasteiger partial charge in [0.2, 0.25) is 4.29 Å². The molecular weight excluding hydrogens is 385 g/mol. The highest BCUT2D eigenvalue weighted by atomic mass is 127. The normalized spacial score (nSPS) is 11.7. The van der Waals surface area contributed by atoms with Crippen molar-refractivity contribution in [3.8, 4) is 0 Å². The summed E-state index contributed by atoms with van der Waals surface area (Å²) in [6.07, 6.45) is 2.39. The van der Waals surface area contributed by atoms with E-state index in [9.17, 15) is 0 Å². The molecular formula is C18H23BIP. The van der Waals surface area contributed by atoms with Crippen molar-refractivity contribution in [1.29, 1.82) is 0 Å². The quantitative estimate of drug-likeness (QED) is 0.311. The smallest absolute Gasteiger partial charge is 0.159 e. The summed E-state index contributed by atoms with van der Waals surface area (Å²) in [4.78, 5) is 0. The Morgan fingerprint density at radius 1 is 0.952 bits per heavy atom. The van der Waals surface area contributed by atoms with Gasteiger partial charge in [-0.05, 0) is 23.0 Å². The van der Waals surface area contributed by atoms with E-state index in [-0.39, 0.29) is 0 Å². The molecule has 2 rings (SSSR count). The van der Waals surface area contributed by atoms with Crippen molar-refractivity contribution in [3.63, 3.8) is 0 Å². The largest absolute Gasteiger partial charge is 0.240 e. The average Bonchev–Trinajstić information content (AvgIpc) is 2.45. The molecule has 0 amide bonds. The highest BCUT2D eigenvalue weighted by Gasteiger charge is 2.27. The molecule has 1 atom stereocenters. The van der Waals surface area contributed by atoms with Crippen LogP contribution in [0.15, 0.2) is 60.7 Å². The summed E-state index contributed by atoms with van der Waals surface area (Å²) in [6.45, 7) is 4.78. The summed E-state index contributed by atoms with van der Waals surface area (Å²) in [6, 6.07) is 21.8. The van der Waals surface area contributed by atoms with Crippen molar-refractivity contribution in [3.05, 3.63) is 71.8 Å². The third-order valence-corrected chi connectivity index (χ3v) is 4.58. The first-order chi connectivity index (χ1) is 9.98. The molecule has 21 heavy (non-hydrogen) atoms. The number of hydrogen-bond acceptors (Lipinski definition) is 0. The lowest BCUT2D eigenvalue weighted by Crippen LogP contribution is -2.19. The molecule has 0 spiro atoms. The second-order valence-corrected chi connectivity index (χ2v) is 10.2. The van der Waals surface area contributed by atoms with E-state index in [0.29, 0.717) is 15.6 Å². The SMILES string of the molecule is CC(C)(CB(P)I)CC(c1ccccc1)c1ccccc1. The van der Waals surface area contributed by atoms with Crippen LogP contribution in [-0.4, -0.2) is 4.29 Å². The summed E-state index contributed by atoms with van der Waals surface area (Å²) < 4.78 is 0.629. The zero-order valence-corrected chi connectivity index (χ0v) is 16.1. The van der Waals surface area contributed by atoms with Crippen molar-refractivity contribution in [1.82, 2.24) is 0 Å². The van der Waals surface area contributed by atoms with Crippen LogP contribution >= 0.6 is 31.5 Å². The van der Waals surface area contributed by atoms with Gasteiger partial charge >= 0.3 is 0 Å². The van der Waals surface area contributed by atoms with Crippen LogP contribution < -0.4 is 0 Å². The number of rotatable bonds is 6. The van der Waals surface area contributed by atoms with Crippen LogP contribution in [-0.2, 0) is 0 Å². The fraction of sp³-hybridized carbons (Fsp3) is 0.333. The number of benzene rings is 2. The summed E-state index contributed by atoms with van der Waals surface area (Å²) in [5, 5.41) is 0. The first-order valence-corrected chi connectivity index (χ1v) is 9.39. The first kappa shape index (κ1) is 17.0. The maximum atomic E-state index is 2.93. The minimum Gasteiger partial charge on any atom is -0.159 e. The minimum absolute atomic E-state index is 0.323. The summed E-state index contributed by atoms with van der Waals surface area (Å²) in [5.74, 6) is 0.475. The zero-order chi connectivity index (χ0) is 15.3.